The van der Waals surface area contributed by atoms with Crippen LogP contribution in [-0.2, 0) is 11.2 Å². The van der Waals surface area contributed by atoms with Gasteiger partial charge in [-0.3, -0.25) is 9.69 Å². The van der Waals surface area contributed by atoms with Gasteiger partial charge in [0.1, 0.15) is 6.07 Å². The number of hydrogen-bond donors (Lipinski definition) is 2. The summed E-state index contributed by atoms with van der Waals surface area (Å²) in [6.45, 7) is 2.02. The lowest BCUT2D eigenvalue weighted by Gasteiger charge is -2.34. The number of aromatic nitrogens is 2. The van der Waals surface area contributed by atoms with Crippen molar-refractivity contribution in [2.24, 2.45) is 0 Å². The van der Waals surface area contributed by atoms with Gasteiger partial charge in [-0.05, 0) is 68.3 Å². The summed E-state index contributed by atoms with van der Waals surface area (Å²) in [4.78, 5) is 25.7. The molecule has 1 amide bonds. The number of carbonyl (C=O) groups excluding carboxylic acids is 1. The SMILES string of the molecule is CN1CC2CC1CN2c1ccc(Nc2nccc(-c3ccc4c(c3)CCCC(=O)N4)n2)cc1C#N. The highest BCUT2D eigenvalue weighted by Gasteiger charge is 2.42. The fourth-order valence-electron chi connectivity index (χ4n) is 5.56. The Kier molecular flexibility index (Phi) is 5.34. The van der Waals surface area contributed by atoms with Crippen LogP contribution in [0.25, 0.3) is 11.3 Å². The summed E-state index contributed by atoms with van der Waals surface area (Å²) in [6, 6.07) is 17.2. The summed E-state index contributed by atoms with van der Waals surface area (Å²) >= 11 is 0. The number of hydrogen-bond acceptors (Lipinski definition) is 7. The van der Waals surface area contributed by atoms with Crippen LogP contribution in [0.15, 0.2) is 48.7 Å². The minimum absolute atomic E-state index is 0.0670. The lowest BCUT2D eigenvalue weighted by molar-refractivity contribution is -0.116. The number of nitrogens with one attached hydrogen (secondary N) is 2. The summed E-state index contributed by atoms with van der Waals surface area (Å²) in [5.74, 6) is 0.543. The fourth-order valence-corrected chi connectivity index (χ4v) is 5.56. The number of aryl methyl sites for hydroxylation is 1. The third kappa shape index (κ3) is 4.08. The number of anilines is 4. The molecule has 2 saturated heterocycles. The molecule has 1 aromatic heterocycles. The third-order valence-corrected chi connectivity index (χ3v) is 7.38. The molecule has 2 unspecified atom stereocenters. The van der Waals surface area contributed by atoms with Crippen LogP contribution in [0.5, 0.6) is 0 Å². The normalized spacial score (nSPS) is 21.3. The van der Waals surface area contributed by atoms with E-state index in [0.717, 1.165) is 66.2 Å². The maximum absolute atomic E-state index is 11.8. The quantitative estimate of drug-likeness (QED) is 0.603. The monoisotopic (exact) mass is 465 g/mol. The average Bonchev–Trinajstić information content (AvgIpc) is 3.38. The average molecular weight is 466 g/mol. The van der Waals surface area contributed by atoms with Crippen molar-refractivity contribution < 1.29 is 4.79 Å². The molecule has 2 atom stereocenters. The summed E-state index contributed by atoms with van der Waals surface area (Å²) in [5.41, 5.74) is 6.24. The second kappa shape index (κ2) is 8.67. The Morgan fingerprint density at radius 2 is 2.03 bits per heavy atom. The number of likely N-dealkylation sites (N-methyl/N-ethyl adjacent to an activating group) is 1. The molecular formula is C27H27N7O. The van der Waals surface area contributed by atoms with Crippen molar-refractivity contribution in [3.63, 3.8) is 0 Å². The van der Waals surface area contributed by atoms with Gasteiger partial charge in [0, 0.05) is 54.7 Å². The molecule has 0 spiro atoms. The van der Waals surface area contributed by atoms with Crippen molar-refractivity contribution in [3.05, 3.63) is 59.8 Å². The van der Waals surface area contributed by atoms with E-state index in [9.17, 15) is 10.1 Å². The number of piperazine rings is 1. The number of nitrogens with zero attached hydrogens (tertiary/aromatic N) is 5. The minimum atomic E-state index is 0.0670. The zero-order chi connectivity index (χ0) is 23.9. The van der Waals surface area contributed by atoms with E-state index < -0.39 is 0 Å². The molecule has 2 bridgehead atoms. The van der Waals surface area contributed by atoms with Gasteiger partial charge >= 0.3 is 0 Å². The Morgan fingerprint density at radius 3 is 2.83 bits per heavy atom. The molecule has 4 heterocycles. The molecular weight excluding hydrogens is 438 g/mol. The standard InChI is InChI=1S/C27H27N7O/c1-33-15-22-13-21(33)16-34(22)25-8-6-20(12-19(25)14-28)30-27-29-10-9-24(32-27)18-5-7-23-17(11-18)3-2-4-26(35)31-23/h5-12,21-22H,2-4,13,15-16H2,1H3,(H,31,35)(H,29,30,32). The van der Waals surface area contributed by atoms with Crippen molar-refractivity contribution in [3.8, 4) is 17.3 Å². The molecule has 0 radical (unpaired) electrons. The molecule has 0 aliphatic carbocycles. The van der Waals surface area contributed by atoms with E-state index in [-0.39, 0.29) is 5.91 Å². The number of fused-ring (bicyclic) bond motifs is 3. The topological polar surface area (TPSA) is 97.2 Å². The van der Waals surface area contributed by atoms with Gasteiger partial charge in [0.2, 0.25) is 11.9 Å². The minimum Gasteiger partial charge on any atom is -0.365 e. The van der Waals surface area contributed by atoms with Crippen molar-refractivity contribution in [1.29, 1.82) is 5.26 Å². The third-order valence-electron chi connectivity index (χ3n) is 7.38. The van der Waals surface area contributed by atoms with Crippen LogP contribution in [-0.4, -0.2) is 53.0 Å². The molecule has 8 heteroatoms. The lowest BCUT2D eigenvalue weighted by Crippen LogP contribution is -2.44. The zero-order valence-electron chi connectivity index (χ0n) is 19.7. The van der Waals surface area contributed by atoms with Crippen molar-refractivity contribution in [2.75, 3.05) is 35.7 Å². The van der Waals surface area contributed by atoms with Crippen molar-refractivity contribution in [2.45, 2.75) is 37.8 Å². The highest BCUT2D eigenvalue weighted by Crippen LogP contribution is 2.36. The van der Waals surface area contributed by atoms with Gasteiger partial charge < -0.3 is 15.5 Å². The highest BCUT2D eigenvalue weighted by atomic mass is 16.1. The molecule has 176 valence electrons. The van der Waals surface area contributed by atoms with Gasteiger partial charge in [0.05, 0.1) is 16.9 Å². The van der Waals surface area contributed by atoms with Crippen LogP contribution in [0.4, 0.5) is 23.0 Å². The van der Waals surface area contributed by atoms with Gasteiger partial charge in [0.15, 0.2) is 0 Å². The Labute approximate surface area is 204 Å². The number of likely N-dealkylation sites (tertiary alicyclic amines) is 1. The van der Waals surface area contributed by atoms with Crippen LogP contribution in [0.2, 0.25) is 0 Å². The van der Waals surface area contributed by atoms with Crippen molar-refractivity contribution >= 4 is 28.9 Å². The van der Waals surface area contributed by atoms with Gasteiger partial charge in [0.25, 0.3) is 0 Å². The summed E-state index contributed by atoms with van der Waals surface area (Å²) in [6.07, 6.45) is 5.14. The van der Waals surface area contributed by atoms with E-state index in [4.69, 9.17) is 4.98 Å². The Bertz CT molecular complexity index is 1350. The molecule has 2 aromatic carbocycles. The Balaban J connectivity index is 1.23. The zero-order valence-corrected chi connectivity index (χ0v) is 19.7. The predicted molar refractivity (Wildman–Crippen MR) is 136 cm³/mol. The van der Waals surface area contributed by atoms with Gasteiger partial charge in [-0.15, -0.1) is 0 Å². The van der Waals surface area contributed by atoms with E-state index in [0.29, 0.717) is 30.0 Å². The van der Waals surface area contributed by atoms with Crippen LogP contribution < -0.4 is 15.5 Å². The molecule has 35 heavy (non-hydrogen) atoms. The molecule has 6 rings (SSSR count). The van der Waals surface area contributed by atoms with Crippen LogP contribution >= 0.6 is 0 Å². The molecule has 8 nitrogen and oxygen atoms in total. The largest absolute Gasteiger partial charge is 0.365 e. The molecule has 0 saturated carbocycles. The number of carbonyl (C=O) groups is 1. The Morgan fingerprint density at radius 1 is 1.11 bits per heavy atom. The summed E-state index contributed by atoms with van der Waals surface area (Å²) in [5, 5.41) is 16.1. The summed E-state index contributed by atoms with van der Waals surface area (Å²) < 4.78 is 0. The summed E-state index contributed by atoms with van der Waals surface area (Å²) in [7, 11) is 2.18. The molecule has 3 aromatic rings. The van der Waals surface area contributed by atoms with E-state index in [1.165, 1.54) is 0 Å². The molecule has 3 aliphatic heterocycles. The Hall–Kier alpha value is -3.96. The smallest absolute Gasteiger partial charge is 0.227 e. The first kappa shape index (κ1) is 21.6. The first-order chi connectivity index (χ1) is 17.1. The first-order valence-corrected chi connectivity index (χ1v) is 12.1. The van der Waals surface area contributed by atoms with Crippen molar-refractivity contribution in [1.82, 2.24) is 14.9 Å². The second-order valence-electron chi connectivity index (χ2n) is 9.64. The highest BCUT2D eigenvalue weighted by molar-refractivity contribution is 5.92. The fraction of sp³-hybridized carbons (Fsp3) is 0.333. The molecule has 2 fully saturated rings. The van der Waals surface area contributed by atoms with Crippen LogP contribution in [0.3, 0.4) is 0 Å². The van der Waals surface area contributed by atoms with Gasteiger partial charge in [-0.1, -0.05) is 6.07 Å². The van der Waals surface area contributed by atoms with Gasteiger partial charge in [-0.25, -0.2) is 9.97 Å². The van der Waals surface area contributed by atoms with E-state index in [2.05, 4.69) is 44.6 Å². The van der Waals surface area contributed by atoms with E-state index in [1.807, 2.05) is 36.4 Å². The first-order valence-electron chi connectivity index (χ1n) is 12.1. The van der Waals surface area contributed by atoms with E-state index >= 15 is 0 Å². The number of nitriles is 1. The van der Waals surface area contributed by atoms with Gasteiger partial charge in [-0.2, -0.15) is 5.26 Å². The number of rotatable bonds is 4. The predicted octanol–water partition coefficient (Wildman–Crippen LogP) is 3.93. The molecule has 2 N–H and O–H groups in total. The number of benzene rings is 2. The number of amides is 1. The maximum atomic E-state index is 11.8. The lowest BCUT2D eigenvalue weighted by atomic mass is 10.0. The van der Waals surface area contributed by atoms with E-state index in [1.54, 1.807) is 6.20 Å². The van der Waals surface area contributed by atoms with Crippen LogP contribution in [0, 0.1) is 11.3 Å². The maximum Gasteiger partial charge on any atom is 0.227 e. The second-order valence-corrected chi connectivity index (χ2v) is 9.64. The molecule has 3 aliphatic rings. The van der Waals surface area contributed by atoms with Crippen LogP contribution in [0.1, 0.15) is 30.4 Å².